The lowest BCUT2D eigenvalue weighted by molar-refractivity contribution is -0.385. The number of hydrogen-bond donors (Lipinski definition) is 5. The van der Waals surface area contributed by atoms with E-state index in [0.29, 0.717) is 18.2 Å². The number of nitro groups is 1. The van der Waals surface area contributed by atoms with Crippen LogP contribution in [-0.4, -0.2) is 48.9 Å². The summed E-state index contributed by atoms with van der Waals surface area (Å²) in [6, 6.07) is 11.0. The molecule has 0 heterocycles. The van der Waals surface area contributed by atoms with E-state index in [1.807, 2.05) is 0 Å². The molecule has 0 unspecified atom stereocenters. The first-order valence-electron chi connectivity index (χ1n) is 11.1. The summed E-state index contributed by atoms with van der Waals surface area (Å²) >= 11 is 0. The third kappa shape index (κ3) is 6.45. The Kier molecular flexibility index (Phi) is 7.97. The van der Waals surface area contributed by atoms with Crippen molar-refractivity contribution in [1.29, 1.82) is 0 Å². The number of fused-ring (bicyclic) bond motifs is 1. The fourth-order valence-electron chi connectivity index (χ4n) is 3.72. The summed E-state index contributed by atoms with van der Waals surface area (Å²) in [6.07, 6.45) is 0. The van der Waals surface area contributed by atoms with Crippen LogP contribution in [0.5, 0.6) is 5.75 Å². The van der Waals surface area contributed by atoms with Crippen molar-refractivity contribution in [3.8, 4) is 5.75 Å². The van der Waals surface area contributed by atoms with E-state index >= 15 is 0 Å². The highest BCUT2D eigenvalue weighted by atomic mass is 32.2. The van der Waals surface area contributed by atoms with Crippen molar-refractivity contribution in [2.75, 3.05) is 5.73 Å². The van der Waals surface area contributed by atoms with E-state index in [9.17, 15) is 54.1 Å². The molecule has 6 N–H and O–H groups in total. The highest BCUT2D eigenvalue weighted by Crippen LogP contribution is 2.48. The van der Waals surface area contributed by atoms with Crippen LogP contribution in [0.1, 0.15) is 0 Å². The number of phenolic OH excluding ortho intramolecular Hbond substituents is 1. The Bertz CT molecular complexity index is 2200. The first-order chi connectivity index (χ1) is 19.9. The van der Waals surface area contributed by atoms with E-state index in [1.165, 1.54) is 12.1 Å². The van der Waals surface area contributed by atoms with E-state index in [0.717, 1.165) is 12.1 Å². The Labute approximate surface area is 241 Å². The van der Waals surface area contributed by atoms with Gasteiger partial charge in [-0.15, -0.1) is 15.3 Å². The van der Waals surface area contributed by atoms with Crippen LogP contribution >= 0.6 is 0 Å². The molecule has 21 heteroatoms. The van der Waals surface area contributed by atoms with E-state index in [1.54, 1.807) is 18.2 Å². The number of rotatable bonds is 8. The lowest BCUT2D eigenvalue weighted by Crippen LogP contribution is -2.04. The van der Waals surface area contributed by atoms with Gasteiger partial charge in [0.15, 0.2) is 5.75 Å². The van der Waals surface area contributed by atoms with Crippen molar-refractivity contribution in [3.63, 3.8) is 0 Å². The molecule has 4 aromatic carbocycles. The number of nitrogens with two attached hydrogens (primary N) is 1. The minimum Gasteiger partial charge on any atom is -0.505 e. The van der Waals surface area contributed by atoms with Gasteiger partial charge in [0.1, 0.15) is 31.7 Å². The molecule has 4 rings (SSSR count). The zero-order valence-electron chi connectivity index (χ0n) is 20.9. The average Bonchev–Trinajstić information content (AvgIpc) is 2.90. The quantitative estimate of drug-likeness (QED) is 0.0571. The number of anilines is 1. The first-order valence-corrected chi connectivity index (χ1v) is 15.4. The van der Waals surface area contributed by atoms with Crippen molar-refractivity contribution in [3.05, 3.63) is 70.8 Å². The monoisotopic (exact) mass is 652 g/mol. The van der Waals surface area contributed by atoms with Gasteiger partial charge in [-0.05, 0) is 35.7 Å². The Morgan fingerprint density at radius 2 is 1.23 bits per heavy atom. The van der Waals surface area contributed by atoms with Crippen LogP contribution in [0.4, 0.5) is 34.1 Å². The van der Waals surface area contributed by atoms with E-state index in [2.05, 4.69) is 20.5 Å². The van der Waals surface area contributed by atoms with Crippen LogP contribution in [0.25, 0.3) is 10.8 Å². The van der Waals surface area contributed by atoms with Gasteiger partial charge in [0.2, 0.25) is 0 Å². The Hall–Kier alpha value is -4.93. The molecule has 0 aromatic heterocycles. The molecule has 43 heavy (non-hydrogen) atoms. The zero-order valence-corrected chi connectivity index (χ0v) is 23.3. The highest BCUT2D eigenvalue weighted by Gasteiger charge is 2.28. The van der Waals surface area contributed by atoms with E-state index in [4.69, 9.17) is 5.73 Å². The molecule has 0 saturated carbocycles. The van der Waals surface area contributed by atoms with Crippen molar-refractivity contribution >= 4 is 75.3 Å². The number of nitrogen functional groups attached to an aromatic ring is 1. The molecular formula is C22H16N6O12S3. The number of non-ortho nitro benzene ring substituents is 1. The summed E-state index contributed by atoms with van der Waals surface area (Å²) in [5.41, 5.74) is 2.30. The largest absolute Gasteiger partial charge is 0.505 e. The predicted octanol–water partition coefficient (Wildman–Crippen LogP) is 4.61. The maximum Gasteiger partial charge on any atom is 0.297 e. The van der Waals surface area contributed by atoms with Crippen LogP contribution in [0, 0.1) is 10.1 Å². The molecule has 4 aromatic rings. The molecule has 0 aliphatic heterocycles. The van der Waals surface area contributed by atoms with Gasteiger partial charge in [-0.1, -0.05) is 18.2 Å². The number of azo groups is 2. The van der Waals surface area contributed by atoms with Gasteiger partial charge in [-0.25, -0.2) is 0 Å². The summed E-state index contributed by atoms with van der Waals surface area (Å²) in [4.78, 5) is 6.84. The van der Waals surface area contributed by atoms with E-state index in [-0.39, 0.29) is 5.69 Å². The molecule has 0 saturated heterocycles. The summed E-state index contributed by atoms with van der Waals surface area (Å²) in [6.45, 7) is 0. The Morgan fingerprint density at radius 1 is 0.698 bits per heavy atom. The summed E-state index contributed by atoms with van der Waals surface area (Å²) in [7, 11) is -15.5. The summed E-state index contributed by atoms with van der Waals surface area (Å²) in [5.74, 6) is -1.03. The maximum absolute atomic E-state index is 12.2. The standard InChI is InChI=1S/C22H16N6O12S3/c23-19-18-11(9-17(43(38,39)40)21(22(18)29)27-24-12-4-2-1-3-5-12)8-16(42(35,36)37)20(19)26-25-14-7-6-13(28(30)31)10-15(14)41(32,33)34/h1-10,29H,23H2,(H,32,33,34)(H,35,36,37)(H,38,39,40). The third-order valence-electron chi connectivity index (χ3n) is 5.58. The fraction of sp³-hybridized carbons (Fsp3) is 0. The number of hydrogen-bond acceptors (Lipinski definition) is 14. The van der Waals surface area contributed by atoms with Crippen LogP contribution < -0.4 is 5.73 Å². The van der Waals surface area contributed by atoms with Gasteiger partial charge >= 0.3 is 0 Å². The third-order valence-corrected chi connectivity index (χ3v) is 8.20. The molecule has 18 nitrogen and oxygen atoms in total. The van der Waals surface area contributed by atoms with Crippen molar-refractivity contribution in [2.24, 2.45) is 20.5 Å². The molecular weight excluding hydrogens is 636 g/mol. The Balaban J connectivity index is 2.05. The smallest absolute Gasteiger partial charge is 0.297 e. The van der Waals surface area contributed by atoms with Crippen molar-refractivity contribution in [1.82, 2.24) is 0 Å². The lowest BCUT2D eigenvalue weighted by Gasteiger charge is -2.14. The van der Waals surface area contributed by atoms with Gasteiger partial charge in [-0.3, -0.25) is 23.8 Å². The maximum atomic E-state index is 12.2. The molecule has 0 amide bonds. The highest BCUT2D eigenvalue weighted by molar-refractivity contribution is 7.86. The molecule has 224 valence electrons. The second kappa shape index (κ2) is 11.0. The minimum absolute atomic E-state index is 0.199. The van der Waals surface area contributed by atoms with Crippen LogP contribution in [-0.2, 0) is 30.4 Å². The van der Waals surface area contributed by atoms with Crippen molar-refractivity contribution in [2.45, 2.75) is 14.7 Å². The van der Waals surface area contributed by atoms with Gasteiger partial charge < -0.3 is 10.8 Å². The molecule has 0 aliphatic rings. The average molecular weight is 653 g/mol. The predicted molar refractivity (Wildman–Crippen MR) is 147 cm³/mol. The number of nitrogens with zero attached hydrogens (tertiary/aromatic N) is 5. The van der Waals surface area contributed by atoms with Crippen molar-refractivity contribution < 1.29 is 48.9 Å². The molecule has 0 aliphatic carbocycles. The SMILES string of the molecule is Nc1c(N=Nc2ccc([N+](=O)[O-])cc2S(=O)(=O)O)c(S(=O)(=O)O)cc2cc(S(=O)(=O)O)c(N=Nc3ccccc3)c(O)c12. The normalized spacial score (nSPS) is 12.8. The number of benzene rings is 4. The summed E-state index contributed by atoms with van der Waals surface area (Å²) in [5, 5.41) is 35.7. The topological polar surface area (TPSA) is 302 Å². The van der Waals surface area contributed by atoms with Gasteiger partial charge in [0.25, 0.3) is 36.0 Å². The second-order valence-corrected chi connectivity index (χ2v) is 12.5. The number of nitro benzene ring substituents is 1. The first kappa shape index (κ1) is 31.0. The lowest BCUT2D eigenvalue weighted by atomic mass is 10.1. The Morgan fingerprint density at radius 3 is 1.77 bits per heavy atom. The summed E-state index contributed by atoms with van der Waals surface area (Å²) < 4.78 is 101. The fourth-order valence-corrected chi connectivity index (χ4v) is 5.69. The molecule has 0 atom stereocenters. The molecule has 0 fully saturated rings. The van der Waals surface area contributed by atoms with Crippen LogP contribution in [0.2, 0.25) is 0 Å². The van der Waals surface area contributed by atoms with Gasteiger partial charge in [0, 0.05) is 12.1 Å². The number of aromatic hydroxyl groups is 1. The van der Waals surface area contributed by atoms with Crippen LogP contribution in [0.15, 0.2) is 95.8 Å². The molecule has 0 bridgehead atoms. The van der Waals surface area contributed by atoms with Crippen LogP contribution in [0.3, 0.4) is 0 Å². The second-order valence-electron chi connectivity index (χ2n) is 8.38. The zero-order chi connectivity index (χ0) is 31.9. The number of phenols is 1. The minimum atomic E-state index is -5.25. The van der Waals surface area contributed by atoms with E-state index < -0.39 is 94.9 Å². The molecule has 0 radical (unpaired) electrons. The molecule has 0 spiro atoms. The van der Waals surface area contributed by atoms with Gasteiger partial charge in [-0.2, -0.15) is 30.4 Å². The van der Waals surface area contributed by atoms with Gasteiger partial charge in [0.05, 0.1) is 21.7 Å².